The van der Waals surface area contributed by atoms with Gasteiger partial charge in [0.2, 0.25) is 0 Å². The summed E-state index contributed by atoms with van der Waals surface area (Å²) >= 11 is 3.36. The molecule has 2 heterocycles. The van der Waals surface area contributed by atoms with Gasteiger partial charge in [-0.1, -0.05) is 12.1 Å². The normalized spacial score (nSPS) is 17.6. The van der Waals surface area contributed by atoms with Gasteiger partial charge in [-0.25, -0.2) is 9.78 Å². The zero-order chi connectivity index (χ0) is 17.1. The molecular weight excluding hydrogens is 374 g/mol. The van der Waals surface area contributed by atoms with E-state index in [1.165, 1.54) is 4.90 Å². The molecule has 126 valence electrons. The molecule has 1 aromatic carbocycles. The average molecular weight is 392 g/mol. The minimum Gasteiger partial charge on any atom is -0.465 e. The van der Waals surface area contributed by atoms with E-state index in [-0.39, 0.29) is 6.10 Å². The third-order valence-electron chi connectivity index (χ3n) is 3.95. The molecule has 0 unspecified atom stereocenters. The van der Waals surface area contributed by atoms with Crippen LogP contribution in [0.1, 0.15) is 17.2 Å². The number of aryl methyl sites for hydroxylation is 1. The Bertz CT molecular complexity index is 736. The predicted molar refractivity (Wildman–Crippen MR) is 94.7 cm³/mol. The average Bonchev–Trinajstić information content (AvgIpc) is 2.58. The fourth-order valence-electron chi connectivity index (χ4n) is 2.64. The van der Waals surface area contributed by atoms with Gasteiger partial charge in [0.1, 0.15) is 11.9 Å². The Morgan fingerprint density at radius 3 is 2.92 bits per heavy atom. The lowest BCUT2D eigenvalue weighted by molar-refractivity contribution is -0.0232. The van der Waals surface area contributed by atoms with Gasteiger partial charge in [0.15, 0.2) is 0 Å². The Labute approximate surface area is 148 Å². The van der Waals surface area contributed by atoms with Crippen LogP contribution >= 0.6 is 15.9 Å². The quantitative estimate of drug-likeness (QED) is 0.828. The number of ether oxygens (including phenoxy) is 1. The van der Waals surface area contributed by atoms with E-state index < -0.39 is 6.09 Å². The number of amides is 1. The van der Waals surface area contributed by atoms with Crippen LogP contribution in [0.4, 0.5) is 16.3 Å². The highest BCUT2D eigenvalue weighted by Gasteiger charge is 2.25. The monoisotopic (exact) mass is 391 g/mol. The van der Waals surface area contributed by atoms with Crippen molar-refractivity contribution in [1.29, 1.82) is 0 Å². The molecule has 0 bridgehead atoms. The highest BCUT2D eigenvalue weighted by molar-refractivity contribution is 9.10. The second kappa shape index (κ2) is 7.19. The van der Waals surface area contributed by atoms with Gasteiger partial charge in [0, 0.05) is 22.9 Å². The number of hydrogen-bond donors (Lipinski definition) is 2. The SMILES string of the molecule is Cc1cc([C@H]2CN(C(=O)O)CCO2)ccc1Nc1ccc(Br)cn1. The Kier molecular flexibility index (Phi) is 5.01. The van der Waals surface area contributed by atoms with E-state index >= 15 is 0 Å². The summed E-state index contributed by atoms with van der Waals surface area (Å²) in [6, 6.07) is 9.78. The van der Waals surface area contributed by atoms with Crippen molar-refractivity contribution in [2.75, 3.05) is 25.0 Å². The van der Waals surface area contributed by atoms with Crippen molar-refractivity contribution in [2.45, 2.75) is 13.0 Å². The fourth-order valence-corrected chi connectivity index (χ4v) is 2.87. The summed E-state index contributed by atoms with van der Waals surface area (Å²) in [5.41, 5.74) is 2.99. The number of nitrogens with one attached hydrogen (secondary N) is 1. The number of rotatable bonds is 3. The standard InChI is InChI=1S/C17H18BrN3O3/c1-11-8-12(15-10-21(17(22)23)6-7-24-15)2-4-14(11)20-16-5-3-13(18)9-19-16/h2-5,8-9,15H,6-7,10H2,1H3,(H,19,20)(H,22,23)/t15-/m1/s1. The molecule has 1 aromatic heterocycles. The molecule has 0 spiro atoms. The summed E-state index contributed by atoms with van der Waals surface area (Å²) in [6.45, 7) is 3.19. The van der Waals surface area contributed by atoms with E-state index in [1.807, 2.05) is 37.3 Å². The summed E-state index contributed by atoms with van der Waals surface area (Å²) in [4.78, 5) is 16.8. The molecule has 6 nitrogen and oxygen atoms in total. The second-order valence-electron chi connectivity index (χ2n) is 5.65. The maximum Gasteiger partial charge on any atom is 0.407 e. The Balaban J connectivity index is 1.74. The van der Waals surface area contributed by atoms with Crippen LogP contribution in [-0.4, -0.2) is 40.8 Å². The summed E-state index contributed by atoms with van der Waals surface area (Å²) in [5, 5.41) is 12.4. The van der Waals surface area contributed by atoms with Crippen molar-refractivity contribution < 1.29 is 14.6 Å². The Hall–Kier alpha value is -2.12. The number of hydrogen-bond acceptors (Lipinski definition) is 4. The number of morpholine rings is 1. The van der Waals surface area contributed by atoms with E-state index in [1.54, 1.807) is 6.20 Å². The third kappa shape index (κ3) is 3.85. The van der Waals surface area contributed by atoms with Crippen molar-refractivity contribution >= 4 is 33.5 Å². The lowest BCUT2D eigenvalue weighted by atomic mass is 10.0. The van der Waals surface area contributed by atoms with Gasteiger partial charge in [0.05, 0.1) is 13.2 Å². The van der Waals surface area contributed by atoms with Gasteiger partial charge in [0.25, 0.3) is 0 Å². The summed E-state index contributed by atoms with van der Waals surface area (Å²) < 4.78 is 6.66. The number of anilines is 2. The van der Waals surface area contributed by atoms with Crippen LogP contribution < -0.4 is 5.32 Å². The van der Waals surface area contributed by atoms with Crippen LogP contribution in [0.2, 0.25) is 0 Å². The molecule has 3 rings (SSSR count). The number of halogens is 1. The molecule has 2 aromatic rings. The van der Waals surface area contributed by atoms with Crippen LogP contribution in [0.5, 0.6) is 0 Å². The first-order valence-corrected chi connectivity index (χ1v) is 8.41. The first kappa shape index (κ1) is 16.7. The highest BCUT2D eigenvalue weighted by Crippen LogP contribution is 2.27. The first-order valence-electron chi connectivity index (χ1n) is 7.61. The zero-order valence-corrected chi connectivity index (χ0v) is 14.8. The Morgan fingerprint density at radius 1 is 1.42 bits per heavy atom. The molecule has 0 radical (unpaired) electrons. The number of pyridine rings is 1. The minimum absolute atomic E-state index is 0.228. The fraction of sp³-hybridized carbons (Fsp3) is 0.294. The van der Waals surface area contributed by atoms with Crippen LogP contribution in [-0.2, 0) is 4.74 Å². The van der Waals surface area contributed by atoms with Crippen LogP contribution in [0.3, 0.4) is 0 Å². The van der Waals surface area contributed by atoms with E-state index in [2.05, 4.69) is 26.2 Å². The minimum atomic E-state index is -0.903. The summed E-state index contributed by atoms with van der Waals surface area (Å²) in [7, 11) is 0. The second-order valence-corrected chi connectivity index (χ2v) is 6.56. The number of carboxylic acid groups (broad SMARTS) is 1. The molecule has 1 saturated heterocycles. The highest BCUT2D eigenvalue weighted by atomic mass is 79.9. The first-order chi connectivity index (χ1) is 11.5. The van der Waals surface area contributed by atoms with Crippen molar-refractivity contribution in [3.05, 3.63) is 52.1 Å². The van der Waals surface area contributed by atoms with Crippen LogP contribution in [0, 0.1) is 6.92 Å². The topological polar surface area (TPSA) is 74.7 Å². The molecule has 1 fully saturated rings. The molecule has 1 amide bonds. The molecule has 0 saturated carbocycles. The van der Waals surface area contributed by atoms with Gasteiger partial charge in [-0.3, -0.25) is 0 Å². The van der Waals surface area contributed by atoms with Crippen molar-refractivity contribution in [3.63, 3.8) is 0 Å². The number of carbonyl (C=O) groups is 1. The smallest absolute Gasteiger partial charge is 0.407 e. The number of benzene rings is 1. The predicted octanol–water partition coefficient (Wildman–Crippen LogP) is 3.95. The lowest BCUT2D eigenvalue weighted by Crippen LogP contribution is -2.41. The maximum atomic E-state index is 11.1. The van der Waals surface area contributed by atoms with Crippen LogP contribution in [0.15, 0.2) is 41.0 Å². The van der Waals surface area contributed by atoms with Crippen molar-refractivity contribution in [1.82, 2.24) is 9.88 Å². The summed E-state index contributed by atoms with van der Waals surface area (Å²) in [5.74, 6) is 0.764. The van der Waals surface area contributed by atoms with Gasteiger partial charge in [-0.2, -0.15) is 0 Å². The maximum absolute atomic E-state index is 11.1. The third-order valence-corrected chi connectivity index (χ3v) is 4.42. The van der Waals surface area contributed by atoms with Gasteiger partial charge >= 0.3 is 6.09 Å². The van der Waals surface area contributed by atoms with E-state index in [9.17, 15) is 4.79 Å². The summed E-state index contributed by atoms with van der Waals surface area (Å²) in [6.07, 6.45) is 0.607. The molecule has 0 aliphatic carbocycles. The van der Waals surface area contributed by atoms with Crippen molar-refractivity contribution in [3.8, 4) is 0 Å². The Morgan fingerprint density at radius 2 is 2.25 bits per heavy atom. The molecule has 2 N–H and O–H groups in total. The molecular formula is C17H18BrN3O3. The van der Waals surface area contributed by atoms with Gasteiger partial charge in [-0.15, -0.1) is 0 Å². The van der Waals surface area contributed by atoms with Gasteiger partial charge < -0.3 is 20.1 Å². The molecule has 24 heavy (non-hydrogen) atoms. The van der Waals surface area contributed by atoms with E-state index in [4.69, 9.17) is 9.84 Å². The molecule has 7 heteroatoms. The van der Waals surface area contributed by atoms with Crippen molar-refractivity contribution in [2.24, 2.45) is 0 Å². The van der Waals surface area contributed by atoms with Gasteiger partial charge in [-0.05, 0) is 52.2 Å². The lowest BCUT2D eigenvalue weighted by Gasteiger charge is -2.31. The largest absolute Gasteiger partial charge is 0.465 e. The zero-order valence-electron chi connectivity index (χ0n) is 13.2. The molecule has 1 aliphatic rings. The number of aromatic nitrogens is 1. The van der Waals surface area contributed by atoms with E-state index in [0.717, 1.165) is 27.1 Å². The molecule has 1 atom stereocenters. The molecule has 1 aliphatic heterocycles. The van der Waals surface area contributed by atoms with E-state index in [0.29, 0.717) is 19.7 Å². The number of nitrogens with zero attached hydrogens (tertiary/aromatic N) is 2. The van der Waals surface area contributed by atoms with Crippen LogP contribution in [0.25, 0.3) is 0 Å².